The highest BCUT2D eigenvalue weighted by atomic mass is 32.2. The molecule has 0 aliphatic carbocycles. The van der Waals surface area contributed by atoms with Crippen LogP contribution in [0.2, 0.25) is 0 Å². The first-order valence-electron chi connectivity index (χ1n) is 6.74. The van der Waals surface area contributed by atoms with E-state index in [-0.39, 0.29) is 0 Å². The minimum absolute atomic E-state index is 0.338. The summed E-state index contributed by atoms with van der Waals surface area (Å²) in [6, 6.07) is 19.9. The van der Waals surface area contributed by atoms with Gasteiger partial charge in [-0.15, -0.1) is 11.8 Å². The van der Waals surface area contributed by atoms with Crippen LogP contribution < -0.4 is 4.74 Å². The lowest BCUT2D eigenvalue weighted by molar-refractivity contribution is 0.414. The number of phenols is 1. The molecule has 2 nitrogen and oxygen atoms in total. The Labute approximate surface area is 128 Å². The standard InChI is InChI=1S/C18H16O2S/c1-20-15-8-6-13(7-9-15)12-21-16-10-14-4-2-3-5-17(14)18(19)11-16/h2-11,19H,12H2,1H3. The molecule has 0 amide bonds. The molecule has 0 fully saturated rings. The van der Waals surface area contributed by atoms with Crippen LogP contribution in [0.15, 0.2) is 65.6 Å². The van der Waals surface area contributed by atoms with Crippen LogP contribution >= 0.6 is 11.8 Å². The molecule has 0 heterocycles. The maximum atomic E-state index is 10.1. The summed E-state index contributed by atoms with van der Waals surface area (Å²) >= 11 is 1.72. The zero-order valence-electron chi connectivity index (χ0n) is 11.7. The smallest absolute Gasteiger partial charge is 0.124 e. The normalized spacial score (nSPS) is 10.7. The number of aromatic hydroxyl groups is 1. The van der Waals surface area contributed by atoms with Crippen LogP contribution in [0.5, 0.6) is 11.5 Å². The van der Waals surface area contributed by atoms with E-state index in [0.29, 0.717) is 5.75 Å². The van der Waals surface area contributed by atoms with E-state index in [1.54, 1.807) is 18.9 Å². The minimum atomic E-state index is 0.338. The average molecular weight is 296 g/mol. The summed E-state index contributed by atoms with van der Waals surface area (Å²) in [5.74, 6) is 2.07. The number of ether oxygens (including phenoxy) is 1. The fraction of sp³-hybridized carbons (Fsp3) is 0.111. The van der Waals surface area contributed by atoms with E-state index in [0.717, 1.165) is 27.2 Å². The van der Waals surface area contributed by atoms with Crippen LogP contribution in [0, 0.1) is 0 Å². The van der Waals surface area contributed by atoms with Crippen LogP contribution in [0.4, 0.5) is 0 Å². The first-order valence-corrected chi connectivity index (χ1v) is 7.72. The summed E-state index contributed by atoms with van der Waals surface area (Å²) in [6.07, 6.45) is 0. The van der Waals surface area contributed by atoms with Gasteiger partial charge in [0, 0.05) is 16.0 Å². The number of thioether (sulfide) groups is 1. The van der Waals surface area contributed by atoms with E-state index >= 15 is 0 Å². The second-order valence-electron chi connectivity index (χ2n) is 4.80. The van der Waals surface area contributed by atoms with E-state index in [4.69, 9.17) is 4.74 Å². The van der Waals surface area contributed by atoms with Gasteiger partial charge in [-0.25, -0.2) is 0 Å². The Morgan fingerprint density at radius 3 is 2.52 bits per heavy atom. The highest BCUT2D eigenvalue weighted by molar-refractivity contribution is 7.98. The predicted octanol–water partition coefficient (Wildman–Crippen LogP) is 4.85. The van der Waals surface area contributed by atoms with Crippen molar-refractivity contribution in [3.05, 3.63) is 66.2 Å². The van der Waals surface area contributed by atoms with E-state index in [1.807, 2.05) is 42.5 Å². The van der Waals surface area contributed by atoms with Gasteiger partial charge in [0.05, 0.1) is 7.11 Å². The van der Waals surface area contributed by atoms with Crippen molar-refractivity contribution in [2.45, 2.75) is 10.6 Å². The van der Waals surface area contributed by atoms with Crippen LogP contribution in [0.3, 0.4) is 0 Å². The molecule has 3 aromatic carbocycles. The molecule has 0 spiro atoms. The molecule has 0 aliphatic rings. The van der Waals surface area contributed by atoms with E-state index in [1.165, 1.54) is 5.56 Å². The lowest BCUT2D eigenvalue weighted by Crippen LogP contribution is -1.84. The Bertz CT molecular complexity index is 751. The van der Waals surface area contributed by atoms with Crippen LogP contribution in [0.25, 0.3) is 10.8 Å². The highest BCUT2D eigenvalue weighted by Crippen LogP contribution is 2.32. The van der Waals surface area contributed by atoms with Crippen molar-refractivity contribution in [2.75, 3.05) is 7.11 Å². The second-order valence-corrected chi connectivity index (χ2v) is 5.85. The Kier molecular flexibility index (Phi) is 4.02. The van der Waals surface area contributed by atoms with E-state index in [2.05, 4.69) is 18.2 Å². The summed E-state index contributed by atoms with van der Waals surface area (Å²) < 4.78 is 5.16. The number of benzene rings is 3. The molecule has 0 saturated heterocycles. The number of hydrogen-bond donors (Lipinski definition) is 1. The van der Waals surface area contributed by atoms with Gasteiger partial charge < -0.3 is 9.84 Å². The van der Waals surface area contributed by atoms with Crippen molar-refractivity contribution < 1.29 is 9.84 Å². The molecule has 0 unspecified atom stereocenters. The van der Waals surface area contributed by atoms with Crippen molar-refractivity contribution in [1.82, 2.24) is 0 Å². The fourth-order valence-electron chi connectivity index (χ4n) is 2.24. The largest absolute Gasteiger partial charge is 0.507 e. The average Bonchev–Trinajstić information content (AvgIpc) is 2.53. The third-order valence-electron chi connectivity index (χ3n) is 3.38. The molecule has 1 N–H and O–H groups in total. The van der Waals surface area contributed by atoms with Gasteiger partial charge in [-0.2, -0.15) is 0 Å². The molecule has 0 atom stereocenters. The Balaban J connectivity index is 1.78. The Morgan fingerprint density at radius 2 is 1.76 bits per heavy atom. The van der Waals surface area contributed by atoms with Crippen LogP contribution in [-0.4, -0.2) is 12.2 Å². The van der Waals surface area contributed by atoms with Crippen molar-refractivity contribution in [2.24, 2.45) is 0 Å². The molecule has 0 aromatic heterocycles. The summed E-state index contributed by atoms with van der Waals surface area (Å²) in [5.41, 5.74) is 1.23. The van der Waals surface area contributed by atoms with Gasteiger partial charge in [-0.1, -0.05) is 36.4 Å². The van der Waals surface area contributed by atoms with Gasteiger partial charge >= 0.3 is 0 Å². The molecule has 3 rings (SSSR count). The van der Waals surface area contributed by atoms with Gasteiger partial charge in [0.1, 0.15) is 11.5 Å². The summed E-state index contributed by atoms with van der Waals surface area (Å²) in [4.78, 5) is 1.07. The quantitative estimate of drug-likeness (QED) is 0.698. The third-order valence-corrected chi connectivity index (χ3v) is 4.42. The molecular formula is C18H16O2S. The Hall–Kier alpha value is -2.13. The molecule has 0 aliphatic heterocycles. The van der Waals surface area contributed by atoms with Crippen molar-refractivity contribution >= 4 is 22.5 Å². The summed E-state index contributed by atoms with van der Waals surface area (Å²) in [5, 5.41) is 12.0. The molecule has 3 aromatic rings. The number of hydrogen-bond acceptors (Lipinski definition) is 3. The number of methoxy groups -OCH3 is 1. The predicted molar refractivity (Wildman–Crippen MR) is 88.2 cm³/mol. The third kappa shape index (κ3) is 3.14. The first-order chi connectivity index (χ1) is 10.3. The van der Waals surface area contributed by atoms with Crippen LogP contribution in [0.1, 0.15) is 5.56 Å². The molecule has 106 valence electrons. The molecule has 21 heavy (non-hydrogen) atoms. The minimum Gasteiger partial charge on any atom is -0.507 e. The van der Waals surface area contributed by atoms with Gasteiger partial charge in [0.2, 0.25) is 0 Å². The maximum absolute atomic E-state index is 10.1. The monoisotopic (exact) mass is 296 g/mol. The molecule has 0 bridgehead atoms. The highest BCUT2D eigenvalue weighted by Gasteiger charge is 2.04. The second kappa shape index (κ2) is 6.10. The van der Waals surface area contributed by atoms with Crippen LogP contribution in [-0.2, 0) is 5.75 Å². The summed E-state index contributed by atoms with van der Waals surface area (Å²) in [6.45, 7) is 0. The lowest BCUT2D eigenvalue weighted by Gasteiger charge is -2.07. The van der Waals surface area contributed by atoms with Gasteiger partial charge in [-0.05, 0) is 35.2 Å². The number of rotatable bonds is 4. The molecule has 0 radical (unpaired) electrons. The maximum Gasteiger partial charge on any atom is 0.124 e. The number of fused-ring (bicyclic) bond motifs is 1. The zero-order chi connectivity index (χ0) is 14.7. The first kappa shape index (κ1) is 13.8. The molecular weight excluding hydrogens is 280 g/mol. The SMILES string of the molecule is COc1ccc(CSc2cc(O)c3ccccc3c2)cc1. The van der Waals surface area contributed by atoms with Gasteiger partial charge in [0.15, 0.2) is 0 Å². The van der Waals surface area contributed by atoms with E-state index in [9.17, 15) is 5.11 Å². The molecule has 0 saturated carbocycles. The number of phenolic OH excluding ortho intramolecular Hbond substituents is 1. The zero-order valence-corrected chi connectivity index (χ0v) is 12.6. The fourth-order valence-corrected chi connectivity index (χ4v) is 3.17. The van der Waals surface area contributed by atoms with E-state index < -0.39 is 0 Å². The van der Waals surface area contributed by atoms with Crippen molar-refractivity contribution in [3.63, 3.8) is 0 Å². The summed E-state index contributed by atoms with van der Waals surface area (Å²) in [7, 11) is 1.67. The van der Waals surface area contributed by atoms with Gasteiger partial charge in [-0.3, -0.25) is 0 Å². The van der Waals surface area contributed by atoms with Crippen molar-refractivity contribution in [3.8, 4) is 11.5 Å². The lowest BCUT2D eigenvalue weighted by atomic mass is 10.1. The van der Waals surface area contributed by atoms with Gasteiger partial charge in [0.25, 0.3) is 0 Å². The topological polar surface area (TPSA) is 29.5 Å². The molecule has 3 heteroatoms. The van der Waals surface area contributed by atoms with Crippen molar-refractivity contribution in [1.29, 1.82) is 0 Å². The Morgan fingerprint density at radius 1 is 1.00 bits per heavy atom.